The number of nitrogens with one attached hydrogen (secondary N) is 1. The summed E-state index contributed by atoms with van der Waals surface area (Å²) in [4.78, 5) is 15.6. The van der Waals surface area contributed by atoms with Crippen molar-refractivity contribution < 1.29 is 18.0 Å². The minimum absolute atomic E-state index is 0.0875. The van der Waals surface area contributed by atoms with E-state index < -0.39 is 12.7 Å². The Bertz CT molecular complexity index is 382. The molecule has 3 nitrogen and oxygen atoms in total. The highest BCUT2D eigenvalue weighted by molar-refractivity contribution is 5.95. The first-order valence-electron chi connectivity index (χ1n) is 5.43. The number of hydrogen-bond donors (Lipinski definition) is 1. The van der Waals surface area contributed by atoms with E-state index in [1.807, 2.05) is 0 Å². The zero-order chi connectivity index (χ0) is 12.5. The van der Waals surface area contributed by atoms with Crippen molar-refractivity contribution in [3.05, 3.63) is 24.0 Å². The number of aromatic nitrogens is 1. The van der Waals surface area contributed by atoms with Crippen molar-refractivity contribution in [2.75, 3.05) is 13.1 Å². The summed E-state index contributed by atoms with van der Waals surface area (Å²) in [5.41, 5.74) is 0.359. The van der Waals surface area contributed by atoms with E-state index in [2.05, 4.69) is 4.98 Å². The Balaban J connectivity index is 1.96. The Labute approximate surface area is 96.6 Å². The maximum atomic E-state index is 12.3. The van der Waals surface area contributed by atoms with Crippen LogP contribution in [0.15, 0.2) is 18.3 Å². The van der Waals surface area contributed by atoms with Crippen LogP contribution in [0.5, 0.6) is 0 Å². The lowest BCUT2D eigenvalue weighted by molar-refractivity contribution is -0.145. The highest BCUT2D eigenvalue weighted by atomic mass is 19.4. The number of ketones is 1. The predicted molar refractivity (Wildman–Crippen MR) is 55.8 cm³/mol. The molecule has 0 saturated heterocycles. The van der Waals surface area contributed by atoms with Gasteiger partial charge in [-0.15, -0.1) is 0 Å². The SMILES string of the molecule is O=C(CN(CC(F)(F)F)C1CC1)c1ccc[nH]1. The number of rotatable bonds is 5. The van der Waals surface area contributed by atoms with Gasteiger partial charge in [0, 0.05) is 12.2 Å². The second-order valence-electron chi connectivity index (χ2n) is 4.26. The first-order chi connectivity index (χ1) is 7.96. The molecule has 0 radical (unpaired) electrons. The maximum absolute atomic E-state index is 12.3. The van der Waals surface area contributed by atoms with Gasteiger partial charge in [-0.25, -0.2) is 0 Å². The number of H-pyrrole nitrogens is 1. The second kappa shape index (κ2) is 4.52. The molecule has 0 aromatic carbocycles. The second-order valence-corrected chi connectivity index (χ2v) is 4.26. The van der Waals surface area contributed by atoms with Gasteiger partial charge in [0.25, 0.3) is 0 Å². The summed E-state index contributed by atoms with van der Waals surface area (Å²) in [5, 5.41) is 0. The Kier molecular flexibility index (Phi) is 3.24. The largest absolute Gasteiger partial charge is 0.401 e. The lowest BCUT2D eigenvalue weighted by Gasteiger charge is -2.22. The van der Waals surface area contributed by atoms with Gasteiger partial charge in [-0.1, -0.05) is 0 Å². The van der Waals surface area contributed by atoms with Gasteiger partial charge in [0.2, 0.25) is 0 Å². The fourth-order valence-corrected chi connectivity index (χ4v) is 1.76. The lowest BCUT2D eigenvalue weighted by atomic mass is 10.2. The standard InChI is InChI=1S/C11H13F3N2O/c12-11(13,14)7-16(8-3-4-8)6-10(17)9-2-1-5-15-9/h1-2,5,8,15H,3-4,6-7H2. The average molecular weight is 246 g/mol. The minimum atomic E-state index is -4.25. The summed E-state index contributed by atoms with van der Waals surface area (Å²) >= 11 is 0. The highest BCUT2D eigenvalue weighted by Crippen LogP contribution is 2.30. The number of carbonyl (C=O) groups is 1. The van der Waals surface area contributed by atoms with E-state index in [9.17, 15) is 18.0 Å². The van der Waals surface area contributed by atoms with Gasteiger partial charge in [-0.3, -0.25) is 9.69 Å². The van der Waals surface area contributed by atoms with Crippen LogP contribution in [-0.4, -0.2) is 41.0 Å². The summed E-state index contributed by atoms with van der Waals surface area (Å²) < 4.78 is 37.0. The number of alkyl halides is 3. The van der Waals surface area contributed by atoms with Crippen molar-refractivity contribution in [1.82, 2.24) is 9.88 Å². The molecule has 17 heavy (non-hydrogen) atoms. The van der Waals surface area contributed by atoms with Gasteiger partial charge in [0.05, 0.1) is 18.8 Å². The Hall–Kier alpha value is -1.30. The number of halogens is 3. The Morgan fingerprint density at radius 1 is 1.47 bits per heavy atom. The molecule has 0 atom stereocenters. The monoisotopic (exact) mass is 246 g/mol. The van der Waals surface area contributed by atoms with E-state index in [4.69, 9.17) is 0 Å². The maximum Gasteiger partial charge on any atom is 0.401 e. The average Bonchev–Trinajstić information content (AvgIpc) is 2.90. The molecule has 1 N–H and O–H groups in total. The molecule has 0 bridgehead atoms. The summed E-state index contributed by atoms with van der Waals surface area (Å²) in [6, 6.07) is 3.13. The topological polar surface area (TPSA) is 36.1 Å². The third-order valence-electron chi connectivity index (χ3n) is 2.69. The van der Waals surface area contributed by atoms with Crippen molar-refractivity contribution in [2.24, 2.45) is 0 Å². The highest BCUT2D eigenvalue weighted by Gasteiger charge is 2.38. The summed E-state index contributed by atoms with van der Waals surface area (Å²) in [5.74, 6) is -0.300. The fraction of sp³-hybridized carbons (Fsp3) is 0.545. The normalized spacial score (nSPS) is 16.5. The van der Waals surface area contributed by atoms with E-state index in [1.54, 1.807) is 18.3 Å². The molecule has 1 aromatic rings. The molecular weight excluding hydrogens is 233 g/mol. The summed E-state index contributed by atoms with van der Waals surface area (Å²) in [7, 11) is 0. The number of nitrogens with zero attached hydrogens (tertiary/aromatic N) is 1. The smallest absolute Gasteiger partial charge is 0.359 e. The van der Waals surface area contributed by atoms with Crippen molar-refractivity contribution >= 4 is 5.78 Å². The molecule has 1 aromatic heterocycles. The molecule has 1 saturated carbocycles. The molecule has 0 unspecified atom stereocenters. The lowest BCUT2D eigenvalue weighted by Crippen LogP contribution is -2.39. The van der Waals surface area contributed by atoms with Gasteiger partial charge >= 0.3 is 6.18 Å². The van der Waals surface area contributed by atoms with Crippen LogP contribution in [0.3, 0.4) is 0 Å². The van der Waals surface area contributed by atoms with Gasteiger partial charge in [-0.2, -0.15) is 13.2 Å². The molecule has 0 spiro atoms. The van der Waals surface area contributed by atoms with Gasteiger partial charge in [0.1, 0.15) is 0 Å². The molecule has 94 valence electrons. The quantitative estimate of drug-likeness (QED) is 0.809. The number of carbonyl (C=O) groups excluding carboxylic acids is 1. The van der Waals surface area contributed by atoms with E-state index >= 15 is 0 Å². The fourth-order valence-electron chi connectivity index (χ4n) is 1.76. The zero-order valence-corrected chi connectivity index (χ0v) is 9.13. The Morgan fingerprint density at radius 2 is 2.18 bits per heavy atom. The van der Waals surface area contributed by atoms with Crippen molar-refractivity contribution in [3.8, 4) is 0 Å². The third kappa shape index (κ3) is 3.59. The van der Waals surface area contributed by atoms with Crippen LogP contribution in [0.25, 0.3) is 0 Å². The van der Waals surface area contributed by atoms with Crippen LogP contribution in [0.2, 0.25) is 0 Å². The molecule has 0 aliphatic heterocycles. The predicted octanol–water partition coefficient (Wildman–Crippen LogP) is 2.22. The van der Waals surface area contributed by atoms with E-state index in [0.717, 1.165) is 12.8 Å². The van der Waals surface area contributed by atoms with Gasteiger partial charge in [0.15, 0.2) is 5.78 Å². The zero-order valence-electron chi connectivity index (χ0n) is 9.13. The first kappa shape index (κ1) is 12.2. The summed E-state index contributed by atoms with van der Waals surface area (Å²) in [6.07, 6.45) is -1.18. The molecule has 2 rings (SSSR count). The van der Waals surface area contributed by atoms with Crippen molar-refractivity contribution in [2.45, 2.75) is 25.1 Å². The third-order valence-corrected chi connectivity index (χ3v) is 2.69. The van der Waals surface area contributed by atoms with Gasteiger partial charge in [-0.05, 0) is 25.0 Å². The van der Waals surface area contributed by atoms with Crippen LogP contribution in [-0.2, 0) is 0 Å². The van der Waals surface area contributed by atoms with Crippen LogP contribution in [0.4, 0.5) is 13.2 Å². The van der Waals surface area contributed by atoms with Crippen LogP contribution < -0.4 is 0 Å². The summed E-state index contributed by atoms with van der Waals surface area (Å²) in [6.45, 7) is -1.19. The molecule has 1 aliphatic carbocycles. The molecule has 0 amide bonds. The van der Waals surface area contributed by atoms with Crippen LogP contribution in [0, 0.1) is 0 Å². The van der Waals surface area contributed by atoms with E-state index in [1.165, 1.54) is 4.90 Å². The van der Waals surface area contributed by atoms with Gasteiger partial charge < -0.3 is 4.98 Å². The first-order valence-corrected chi connectivity index (χ1v) is 5.43. The molecule has 1 fully saturated rings. The Morgan fingerprint density at radius 3 is 2.65 bits per heavy atom. The number of hydrogen-bond acceptors (Lipinski definition) is 2. The number of aromatic amines is 1. The number of Topliss-reactive ketones (excluding diaryl/α,β-unsaturated/α-hetero) is 1. The minimum Gasteiger partial charge on any atom is -0.359 e. The van der Waals surface area contributed by atoms with E-state index in [-0.39, 0.29) is 18.4 Å². The van der Waals surface area contributed by atoms with Crippen molar-refractivity contribution in [3.63, 3.8) is 0 Å². The van der Waals surface area contributed by atoms with Crippen molar-refractivity contribution in [1.29, 1.82) is 0 Å². The van der Waals surface area contributed by atoms with Crippen LogP contribution in [0.1, 0.15) is 23.3 Å². The molecule has 6 heteroatoms. The van der Waals surface area contributed by atoms with Crippen LogP contribution >= 0.6 is 0 Å². The molecular formula is C11H13F3N2O. The molecule has 1 heterocycles. The molecule has 1 aliphatic rings. The van der Waals surface area contributed by atoms with E-state index in [0.29, 0.717) is 5.69 Å².